The first-order valence-corrected chi connectivity index (χ1v) is 19.1. The van der Waals surface area contributed by atoms with Crippen LogP contribution in [0.25, 0.3) is 0 Å². The second-order valence-corrected chi connectivity index (χ2v) is 21.4. The van der Waals surface area contributed by atoms with Crippen LogP contribution in [0, 0.1) is 0 Å². The van der Waals surface area contributed by atoms with E-state index in [4.69, 9.17) is 0 Å². The van der Waals surface area contributed by atoms with Crippen LogP contribution in [0.15, 0.2) is 40.0 Å². The molecule has 0 aliphatic rings. The molecule has 1 aromatic rings. The van der Waals surface area contributed by atoms with Crippen molar-refractivity contribution >= 4 is 18.4 Å². The van der Waals surface area contributed by atoms with Crippen LogP contribution in [0.4, 0.5) is 0 Å². The van der Waals surface area contributed by atoms with E-state index in [1.165, 1.54) is 68.3 Å². The average molecular weight is 479 g/mol. The van der Waals surface area contributed by atoms with Crippen LogP contribution in [0.1, 0.15) is 97.1 Å². The Morgan fingerprint density at radius 2 is 1.30 bits per heavy atom. The van der Waals surface area contributed by atoms with Gasteiger partial charge in [-0.3, -0.25) is 0 Å². The van der Waals surface area contributed by atoms with Gasteiger partial charge in [-0.2, -0.15) is 0 Å². The summed E-state index contributed by atoms with van der Waals surface area (Å²) in [6.45, 7) is 9.24. The van der Waals surface area contributed by atoms with Gasteiger partial charge in [0.25, 0.3) is 0 Å². The van der Waals surface area contributed by atoms with Crippen molar-refractivity contribution in [1.29, 1.82) is 0 Å². The molecular weight excluding hydrogens is 435 g/mol. The van der Waals surface area contributed by atoms with Gasteiger partial charge in [-0.05, 0) is 0 Å². The summed E-state index contributed by atoms with van der Waals surface area (Å²) in [5, 5.41) is 11.5. The predicted octanol–water partition coefficient (Wildman–Crippen LogP) is 8.22. The monoisotopic (exact) mass is 480 g/mol. The van der Waals surface area contributed by atoms with Gasteiger partial charge in [-0.25, -0.2) is 0 Å². The topological polar surface area (TPSA) is 20.2 Å². The van der Waals surface area contributed by atoms with Gasteiger partial charge in [0.2, 0.25) is 0 Å². The van der Waals surface area contributed by atoms with E-state index in [-0.39, 0.29) is 6.10 Å². The maximum absolute atomic E-state index is 11.5. The fraction of sp³-hybridized carbons (Fsp3) is 0.680. The van der Waals surface area contributed by atoms with E-state index < -0.39 is 18.4 Å². The molecule has 1 aromatic carbocycles. The molecule has 1 atom stereocenters. The normalized spacial score (nSPS) is 13.7. The molecular formula is C25H44OSn. The zero-order valence-corrected chi connectivity index (χ0v) is 21.3. The van der Waals surface area contributed by atoms with Crippen LogP contribution in [-0.4, -0.2) is 23.5 Å². The first-order valence-electron chi connectivity index (χ1n) is 11.6. The number of allylic oxidation sites excluding steroid dienone is 1. The molecule has 0 aliphatic heterocycles. The Kier molecular flexibility index (Phi) is 13.5. The molecule has 154 valence electrons. The standard InChI is InChI=1S/C13H17O.3C4H9.Sn/c1-2-3-4-8-11-13(14)12-9-6-5-7-10-12;3*1-3-4-2;/h5-10,13-14H,2-4H2,1H3;3*1,3-4H2,2H3;. The molecule has 1 N–H and O–H groups in total. The number of benzene rings is 1. The molecule has 0 saturated heterocycles. The zero-order chi connectivity index (χ0) is 20.0. The van der Waals surface area contributed by atoms with E-state index in [0.717, 1.165) is 12.0 Å². The van der Waals surface area contributed by atoms with Crippen LogP contribution in [-0.2, 0) is 0 Å². The fourth-order valence-corrected chi connectivity index (χ4v) is 21.5. The summed E-state index contributed by atoms with van der Waals surface area (Å²) in [5.74, 6) is 0. The van der Waals surface area contributed by atoms with Crippen molar-refractivity contribution in [2.24, 2.45) is 0 Å². The van der Waals surface area contributed by atoms with Crippen LogP contribution in [0.5, 0.6) is 0 Å². The second-order valence-electron chi connectivity index (χ2n) is 8.21. The Bertz CT molecular complexity index is 487. The fourth-order valence-electron chi connectivity index (χ4n) is 4.25. The molecule has 0 saturated carbocycles. The Morgan fingerprint density at radius 1 is 0.815 bits per heavy atom. The van der Waals surface area contributed by atoms with Crippen molar-refractivity contribution < 1.29 is 5.11 Å². The van der Waals surface area contributed by atoms with Gasteiger partial charge in [0, 0.05) is 0 Å². The van der Waals surface area contributed by atoms with Crippen molar-refractivity contribution in [2.45, 2.75) is 105 Å². The van der Waals surface area contributed by atoms with Crippen molar-refractivity contribution in [1.82, 2.24) is 0 Å². The Hall–Kier alpha value is -0.281. The Labute approximate surface area is 173 Å². The molecule has 2 heteroatoms. The molecule has 0 radical (unpaired) electrons. The number of hydrogen-bond donors (Lipinski definition) is 1. The van der Waals surface area contributed by atoms with E-state index in [1.54, 1.807) is 0 Å². The summed E-state index contributed by atoms with van der Waals surface area (Å²) < 4.78 is 5.80. The predicted molar refractivity (Wildman–Crippen MR) is 124 cm³/mol. The third-order valence-electron chi connectivity index (χ3n) is 5.97. The van der Waals surface area contributed by atoms with Crippen LogP contribution in [0.3, 0.4) is 0 Å². The van der Waals surface area contributed by atoms with Gasteiger partial charge < -0.3 is 0 Å². The molecule has 0 amide bonds. The quantitative estimate of drug-likeness (QED) is 0.199. The third-order valence-corrected chi connectivity index (χ3v) is 22.1. The molecule has 1 nitrogen and oxygen atoms in total. The number of unbranched alkanes of at least 4 members (excludes halogenated alkanes) is 5. The molecule has 0 aliphatic carbocycles. The van der Waals surface area contributed by atoms with Gasteiger partial charge in [-0.15, -0.1) is 0 Å². The van der Waals surface area contributed by atoms with Gasteiger partial charge in [0.15, 0.2) is 0 Å². The average Bonchev–Trinajstić information content (AvgIpc) is 2.71. The molecule has 0 heterocycles. The van der Waals surface area contributed by atoms with E-state index in [2.05, 4.69) is 64.1 Å². The van der Waals surface area contributed by atoms with Crippen LogP contribution < -0.4 is 0 Å². The summed E-state index contributed by atoms with van der Waals surface area (Å²) in [6, 6.07) is 10.4. The number of aliphatic hydroxyl groups is 1. The van der Waals surface area contributed by atoms with Crippen molar-refractivity contribution in [3.05, 3.63) is 45.6 Å². The molecule has 1 unspecified atom stereocenters. The van der Waals surface area contributed by atoms with Gasteiger partial charge in [0.05, 0.1) is 0 Å². The minimum atomic E-state index is -2.61. The minimum absolute atomic E-state index is 0.371. The molecule has 0 bridgehead atoms. The van der Waals surface area contributed by atoms with Crippen LogP contribution in [0.2, 0.25) is 13.3 Å². The number of hydrogen-bond acceptors (Lipinski definition) is 1. The van der Waals surface area contributed by atoms with Crippen molar-refractivity contribution in [2.75, 3.05) is 0 Å². The molecule has 1 rings (SSSR count). The maximum atomic E-state index is 11.5. The van der Waals surface area contributed by atoms with Gasteiger partial charge >= 0.3 is 174 Å². The summed E-state index contributed by atoms with van der Waals surface area (Å²) in [7, 11) is 0. The summed E-state index contributed by atoms with van der Waals surface area (Å²) in [5.41, 5.74) is 1.10. The third kappa shape index (κ3) is 8.31. The van der Waals surface area contributed by atoms with E-state index in [0.29, 0.717) is 0 Å². The Morgan fingerprint density at radius 3 is 1.74 bits per heavy atom. The zero-order valence-electron chi connectivity index (χ0n) is 18.5. The Balaban J connectivity index is 3.32. The van der Waals surface area contributed by atoms with E-state index >= 15 is 0 Å². The second kappa shape index (κ2) is 14.7. The first-order chi connectivity index (χ1) is 13.1. The van der Waals surface area contributed by atoms with E-state index in [9.17, 15) is 5.11 Å². The van der Waals surface area contributed by atoms with Crippen molar-refractivity contribution in [3.63, 3.8) is 0 Å². The summed E-state index contributed by atoms with van der Waals surface area (Å²) in [6.07, 6.45) is 13.6. The van der Waals surface area contributed by atoms with Crippen molar-refractivity contribution in [3.8, 4) is 0 Å². The summed E-state index contributed by atoms with van der Waals surface area (Å²) >= 11 is -2.61. The number of aliphatic hydroxyl groups excluding tert-OH is 1. The van der Waals surface area contributed by atoms with Crippen LogP contribution >= 0.6 is 0 Å². The van der Waals surface area contributed by atoms with Gasteiger partial charge in [0.1, 0.15) is 0 Å². The first kappa shape index (κ1) is 24.8. The molecule has 0 spiro atoms. The summed E-state index contributed by atoms with van der Waals surface area (Å²) in [4.78, 5) is 0. The number of rotatable bonds is 15. The van der Waals surface area contributed by atoms with Gasteiger partial charge in [-0.1, -0.05) is 0 Å². The molecule has 0 fully saturated rings. The SMILES string of the molecule is CCCC/C=[C](\C(O)c1ccccc1)[Sn]([CH2]CCC)([CH2]CCC)[CH2]CCC. The molecule has 27 heavy (non-hydrogen) atoms. The molecule has 0 aromatic heterocycles. The van der Waals surface area contributed by atoms with E-state index in [1.807, 2.05) is 0 Å².